The molecule has 0 spiro atoms. The molecule has 37 heteroatoms. The minimum absolute atomic E-state index is 0.135. The number of nitrogens with one attached hydrogen (secondary N) is 1. The molecule has 6 aliphatic rings. The van der Waals surface area contributed by atoms with Crippen LogP contribution in [0.5, 0.6) is 0 Å². The third-order valence-corrected chi connectivity index (χ3v) is 23.2. The highest BCUT2D eigenvalue weighted by Crippen LogP contribution is 2.45. The van der Waals surface area contributed by atoms with Crippen LogP contribution in [0.25, 0.3) is 0 Å². The Kier molecular flexibility index (Phi) is 46.0. The number of unbranched alkanes of at least 4 members (excludes halogenated alkanes) is 23. The molecule has 0 aromatic heterocycles. The van der Waals surface area contributed by atoms with Gasteiger partial charge in [0.15, 0.2) is 25.2 Å². The lowest BCUT2D eigenvalue weighted by Gasteiger charge is -2.52. The van der Waals surface area contributed by atoms with Crippen molar-refractivity contribution in [2.45, 2.75) is 404 Å². The highest BCUT2D eigenvalue weighted by molar-refractivity contribution is 5.76. The van der Waals surface area contributed by atoms with E-state index in [1.807, 2.05) is 6.08 Å². The molecule has 0 saturated carbocycles. The first-order valence-corrected chi connectivity index (χ1v) is 42.2. The number of allylic oxidation sites excluding steroid dienone is 1. The van der Waals surface area contributed by atoms with Crippen molar-refractivity contribution in [3.8, 4) is 0 Å². The molecule has 0 radical (unpaired) electrons. The highest BCUT2D eigenvalue weighted by Gasteiger charge is 2.62. The van der Waals surface area contributed by atoms with Crippen molar-refractivity contribution in [3.05, 3.63) is 12.2 Å². The van der Waals surface area contributed by atoms with Gasteiger partial charge in [0.25, 0.3) is 12.9 Å². The predicted octanol–water partition coefficient (Wildman–Crippen LogP) is -1.16. The number of amides is 1. The molecule has 20 N–H and O–H groups in total. The molecule has 6 saturated heterocycles. The Morgan fingerprint density at radius 2 is 0.897 bits per heavy atom. The van der Waals surface area contributed by atoms with Crippen LogP contribution in [0.15, 0.2) is 12.2 Å². The third-order valence-electron chi connectivity index (χ3n) is 23.2. The van der Waals surface area contributed by atoms with E-state index in [1.165, 1.54) is 111 Å². The number of carbonyl (C=O) groups is 3. The summed E-state index contributed by atoms with van der Waals surface area (Å²) in [4.78, 5) is 38.7. The molecule has 678 valence electrons. The standard InChI is InChI=1S/C79H141NO36/c1-6-8-10-12-14-16-18-20-22-24-26-28-30-32-49(89)48(80-58(93)33-31-29-27-25-23-21-19-17-15-13-11-9-7-2)42-103-75-66(101)64(99)71(56(40-85)108-75)111-77-67(102)73(72(57(41-86)109-77)112-74-47(5)68(61(96)54(38-83)106-74)110-76-65(100)63(98)60(95)53(37-82)107-76)116-79(105-44-88)35-51(91)46(4)70(115-79)62(97)55(39-84)113-78(104-43-87)34-50(90)45(3)69(114-78)59(94)52(92)36-81/h30,32,43-57,59-77,81-86,89-92,94-102H,6-29,31,33-42H2,1-5H3,(H,80,93)/b32-30+/t45-,46-,47?,48+,49-,50-,51-,52-,53?,54?,55-,56?,57?,59-,60+,61+,62-,63+,64-,65?,66?,67?,68-,69?,70?,71-,72+,73-,74+,75-,76+,77+,78-,79+/m1/s1. The van der Waals surface area contributed by atoms with E-state index in [1.54, 1.807) is 6.08 Å². The van der Waals surface area contributed by atoms with E-state index in [-0.39, 0.29) is 25.3 Å². The minimum atomic E-state index is -3.10. The Morgan fingerprint density at radius 1 is 0.457 bits per heavy atom. The van der Waals surface area contributed by atoms with Crippen molar-refractivity contribution in [1.82, 2.24) is 5.32 Å². The van der Waals surface area contributed by atoms with Gasteiger partial charge in [0.1, 0.15) is 110 Å². The van der Waals surface area contributed by atoms with Crippen LogP contribution in [0.2, 0.25) is 0 Å². The second-order valence-corrected chi connectivity index (χ2v) is 32.1. The van der Waals surface area contributed by atoms with Gasteiger partial charge in [-0.3, -0.25) is 14.4 Å². The van der Waals surface area contributed by atoms with E-state index < -0.39 is 266 Å². The number of carbonyl (C=O) groups excluding carboxylic acids is 3. The Hall–Kier alpha value is -3.09. The van der Waals surface area contributed by atoms with Gasteiger partial charge < -0.3 is 169 Å². The molecule has 10 unspecified atom stereocenters. The van der Waals surface area contributed by atoms with Gasteiger partial charge >= 0.3 is 11.9 Å². The Labute approximate surface area is 679 Å². The van der Waals surface area contributed by atoms with Crippen LogP contribution in [0.3, 0.4) is 0 Å². The zero-order chi connectivity index (χ0) is 85.2. The lowest BCUT2D eigenvalue weighted by molar-refractivity contribution is -0.460. The molecule has 37 nitrogen and oxygen atoms in total. The zero-order valence-electron chi connectivity index (χ0n) is 68.0. The van der Waals surface area contributed by atoms with E-state index in [9.17, 15) is 111 Å². The second-order valence-electron chi connectivity index (χ2n) is 32.1. The van der Waals surface area contributed by atoms with E-state index in [2.05, 4.69) is 19.2 Å². The Morgan fingerprint density at radius 3 is 1.43 bits per heavy atom. The molecule has 0 aliphatic carbocycles. The molecular weight excluding hydrogens is 1540 g/mol. The van der Waals surface area contributed by atoms with Crippen molar-refractivity contribution < 1.29 is 178 Å². The lowest BCUT2D eigenvalue weighted by Crippen LogP contribution is -2.69. The van der Waals surface area contributed by atoms with Crippen LogP contribution in [-0.4, -0.2) is 352 Å². The minimum Gasteiger partial charge on any atom is -0.410 e. The SMILES string of the molecule is CCCCCCCCCCCCC/C=C/[C@@H](O)[C@H](CO[C@@H]1OC(CO)[C@@H](O[C@@H]2OC(CO)[C@H](O[C@@H]3OC(CO)[C@H](O)[C@H](O[C@@H]4OC(CO)[C@H](O)[C@H](O)C4O)C3C)[C@H](O[C@]3(OC=O)C[C@@H](O)[C@@H](C)C([C@H](O)[C@@H](CO)O[C@]4(OC=O)C[C@@H](O)[C@@H](C)C([C@H](O)[C@H](O)CO)O4)O3)C2O)[C@H](O)C1O)NC(=O)CCCCCCCCCCCCCCC. The first-order chi connectivity index (χ1) is 55.6. The maximum Gasteiger partial charge on any atom is 0.332 e. The number of aliphatic hydroxyl groups is 19. The van der Waals surface area contributed by atoms with E-state index in [4.69, 9.17) is 66.3 Å². The highest BCUT2D eigenvalue weighted by atomic mass is 16.9. The maximum atomic E-state index is 13.7. The van der Waals surface area contributed by atoms with Gasteiger partial charge in [-0.2, -0.15) is 0 Å². The van der Waals surface area contributed by atoms with Crippen molar-refractivity contribution >= 4 is 18.9 Å². The summed E-state index contributed by atoms with van der Waals surface area (Å²) in [6.07, 6.45) is -24.4. The van der Waals surface area contributed by atoms with Crippen molar-refractivity contribution in [2.24, 2.45) is 17.8 Å². The molecular formula is C79H141NO36. The Balaban J connectivity index is 1.27. The first kappa shape index (κ1) is 102. The molecule has 6 heterocycles. The largest absolute Gasteiger partial charge is 0.410 e. The third kappa shape index (κ3) is 29.3. The van der Waals surface area contributed by atoms with Crippen LogP contribution in [0.4, 0.5) is 0 Å². The molecule has 6 fully saturated rings. The first-order valence-electron chi connectivity index (χ1n) is 42.2. The summed E-state index contributed by atoms with van der Waals surface area (Å²) in [6, 6.07) is -1.13. The molecule has 116 heavy (non-hydrogen) atoms. The van der Waals surface area contributed by atoms with Gasteiger partial charge in [-0.15, -0.1) is 0 Å². The number of hydrogen-bond donors (Lipinski definition) is 20. The van der Waals surface area contributed by atoms with E-state index in [0.29, 0.717) is 12.8 Å². The summed E-state index contributed by atoms with van der Waals surface area (Å²) in [5, 5.41) is 216. The summed E-state index contributed by atoms with van der Waals surface area (Å²) in [5.74, 6) is -10.1. The molecule has 6 rings (SSSR count). The fourth-order valence-corrected chi connectivity index (χ4v) is 15.8. The van der Waals surface area contributed by atoms with Crippen molar-refractivity contribution in [2.75, 3.05) is 46.2 Å². The smallest absolute Gasteiger partial charge is 0.332 e. The van der Waals surface area contributed by atoms with E-state index in [0.717, 1.165) is 57.8 Å². The van der Waals surface area contributed by atoms with Gasteiger partial charge in [0, 0.05) is 24.2 Å². The molecule has 0 aromatic carbocycles. The average Bonchev–Trinajstić information content (AvgIpc) is 0.754. The quantitative estimate of drug-likeness (QED) is 0.0148. The fraction of sp³-hybridized carbons (Fsp3) is 0.937. The summed E-state index contributed by atoms with van der Waals surface area (Å²) in [5.41, 5.74) is 0. The van der Waals surface area contributed by atoms with Crippen molar-refractivity contribution in [3.63, 3.8) is 0 Å². The number of hydrogen-bond acceptors (Lipinski definition) is 36. The van der Waals surface area contributed by atoms with Gasteiger partial charge in [0.05, 0.1) is 102 Å². The summed E-state index contributed by atoms with van der Waals surface area (Å²) in [7, 11) is 0. The molecule has 1 amide bonds. The molecule has 34 atom stereocenters. The van der Waals surface area contributed by atoms with Crippen molar-refractivity contribution in [1.29, 1.82) is 0 Å². The zero-order valence-corrected chi connectivity index (χ0v) is 68.0. The van der Waals surface area contributed by atoms with Crippen LogP contribution in [0.1, 0.15) is 214 Å². The number of ether oxygens (including phenoxy) is 14. The monoisotopic (exact) mass is 1680 g/mol. The maximum absolute atomic E-state index is 13.7. The van der Waals surface area contributed by atoms with Crippen LogP contribution < -0.4 is 5.32 Å². The molecule has 0 bridgehead atoms. The predicted molar refractivity (Wildman–Crippen MR) is 404 cm³/mol. The number of rotatable bonds is 56. The normalized spacial score (nSPS) is 37.4. The summed E-state index contributed by atoms with van der Waals surface area (Å²) < 4.78 is 83.9. The Bertz CT molecular complexity index is 2700. The van der Waals surface area contributed by atoms with Gasteiger partial charge in [-0.25, -0.2) is 0 Å². The van der Waals surface area contributed by atoms with Gasteiger partial charge in [-0.1, -0.05) is 188 Å². The topological polar surface area (TPSA) is 577 Å². The van der Waals surface area contributed by atoms with Crippen LogP contribution in [0, 0.1) is 17.8 Å². The molecule has 0 aromatic rings. The summed E-state index contributed by atoms with van der Waals surface area (Å²) in [6.45, 7) is 1.11. The van der Waals surface area contributed by atoms with Gasteiger partial charge in [0.2, 0.25) is 5.91 Å². The van der Waals surface area contributed by atoms with Crippen LogP contribution in [-0.2, 0) is 80.7 Å². The number of aliphatic hydroxyl groups excluding tert-OH is 19. The lowest BCUT2D eigenvalue weighted by atomic mass is 9.86. The second kappa shape index (κ2) is 52.5. The van der Waals surface area contributed by atoms with Gasteiger partial charge in [-0.05, 0) is 19.3 Å². The van der Waals surface area contributed by atoms with Crippen LogP contribution >= 0.6 is 0 Å². The summed E-state index contributed by atoms with van der Waals surface area (Å²) >= 11 is 0. The average molecular weight is 1680 g/mol. The molecule has 6 aliphatic heterocycles. The fourth-order valence-electron chi connectivity index (χ4n) is 15.8. The van der Waals surface area contributed by atoms with E-state index >= 15 is 0 Å².